The van der Waals surface area contributed by atoms with Crippen molar-refractivity contribution in [3.8, 4) is 0 Å². The molecule has 2 aliphatic rings. The summed E-state index contributed by atoms with van der Waals surface area (Å²) in [7, 11) is 0. The van der Waals surface area contributed by atoms with Crippen LogP contribution in [0.3, 0.4) is 0 Å². The Hall–Kier alpha value is -1.65. The molecule has 1 heterocycles. The van der Waals surface area contributed by atoms with E-state index in [9.17, 15) is 4.79 Å². The van der Waals surface area contributed by atoms with Crippen LogP contribution in [0.1, 0.15) is 55.1 Å². The van der Waals surface area contributed by atoms with Gasteiger partial charge in [-0.2, -0.15) is 0 Å². The van der Waals surface area contributed by atoms with Gasteiger partial charge >= 0.3 is 5.97 Å². The van der Waals surface area contributed by atoms with Crippen molar-refractivity contribution in [2.24, 2.45) is 0 Å². The molecule has 1 aromatic rings. The van der Waals surface area contributed by atoms with Crippen LogP contribution in [-0.2, 0) is 17.6 Å². The Labute approximate surface area is 112 Å². The number of hydrogen-bond acceptors (Lipinski definition) is 4. The Kier molecular flexibility index (Phi) is 3.36. The summed E-state index contributed by atoms with van der Waals surface area (Å²) in [6.07, 6.45) is 6.91. The van der Waals surface area contributed by atoms with Gasteiger partial charge in [-0.3, -0.25) is 4.79 Å². The number of aliphatic carboxylic acids is 1. The molecule has 1 saturated carbocycles. The Morgan fingerprint density at radius 3 is 2.79 bits per heavy atom. The lowest BCUT2D eigenvalue weighted by atomic mass is 9.96. The summed E-state index contributed by atoms with van der Waals surface area (Å²) in [5.41, 5.74) is 2.39. The molecule has 0 bridgehead atoms. The minimum absolute atomic E-state index is 0.123. The molecule has 0 aromatic carbocycles. The molecule has 0 spiro atoms. The van der Waals surface area contributed by atoms with Crippen molar-refractivity contribution < 1.29 is 9.90 Å². The number of carboxylic acids is 1. The zero-order chi connectivity index (χ0) is 13.2. The molecule has 19 heavy (non-hydrogen) atoms. The van der Waals surface area contributed by atoms with E-state index in [2.05, 4.69) is 10.3 Å². The fraction of sp³-hybridized carbons (Fsp3) is 0.643. The number of fused-ring (bicyclic) bond motifs is 1. The number of carbonyl (C=O) groups is 1. The van der Waals surface area contributed by atoms with E-state index in [4.69, 9.17) is 10.1 Å². The van der Waals surface area contributed by atoms with Crippen LogP contribution in [-0.4, -0.2) is 27.6 Å². The van der Waals surface area contributed by atoms with Crippen LogP contribution in [0, 0.1) is 0 Å². The van der Waals surface area contributed by atoms with Crippen LogP contribution < -0.4 is 5.32 Å². The molecule has 2 N–H and O–H groups in total. The molecule has 0 atom stereocenters. The smallest absolute Gasteiger partial charge is 0.305 e. The van der Waals surface area contributed by atoms with Gasteiger partial charge in [0.25, 0.3) is 0 Å². The maximum atomic E-state index is 10.6. The summed E-state index contributed by atoms with van der Waals surface area (Å²) < 4.78 is 0. The summed E-state index contributed by atoms with van der Waals surface area (Å²) in [5.74, 6) is 1.59. The minimum Gasteiger partial charge on any atom is -0.481 e. The Bertz CT molecular complexity index is 498. The molecule has 2 aliphatic carbocycles. The van der Waals surface area contributed by atoms with Gasteiger partial charge in [-0.15, -0.1) is 0 Å². The van der Waals surface area contributed by atoms with Gasteiger partial charge in [0.1, 0.15) is 11.6 Å². The van der Waals surface area contributed by atoms with Crippen LogP contribution in [0.2, 0.25) is 0 Å². The van der Waals surface area contributed by atoms with Crippen molar-refractivity contribution in [3.05, 3.63) is 17.1 Å². The first-order valence-corrected chi connectivity index (χ1v) is 7.09. The lowest BCUT2D eigenvalue weighted by molar-refractivity contribution is -0.136. The van der Waals surface area contributed by atoms with E-state index in [0.717, 1.165) is 24.5 Å². The van der Waals surface area contributed by atoms with Gasteiger partial charge in [-0.25, -0.2) is 9.97 Å². The monoisotopic (exact) mass is 261 g/mol. The molecule has 0 amide bonds. The summed E-state index contributed by atoms with van der Waals surface area (Å²) in [6.45, 7) is 0.433. The highest BCUT2D eigenvalue weighted by atomic mass is 16.4. The quantitative estimate of drug-likeness (QED) is 0.849. The van der Waals surface area contributed by atoms with E-state index in [0.29, 0.717) is 12.5 Å². The number of hydrogen-bond donors (Lipinski definition) is 2. The highest BCUT2D eigenvalue weighted by Gasteiger charge is 2.29. The van der Waals surface area contributed by atoms with Gasteiger partial charge in [-0.05, 0) is 38.5 Å². The Balaban J connectivity index is 1.82. The molecular formula is C14H19N3O2. The first kappa shape index (κ1) is 12.4. The maximum Gasteiger partial charge on any atom is 0.305 e. The molecule has 5 heteroatoms. The van der Waals surface area contributed by atoms with Crippen molar-refractivity contribution in [2.45, 2.75) is 50.9 Å². The highest BCUT2D eigenvalue weighted by Crippen LogP contribution is 2.39. The zero-order valence-electron chi connectivity index (χ0n) is 11.0. The van der Waals surface area contributed by atoms with Gasteiger partial charge < -0.3 is 10.4 Å². The molecule has 5 nitrogen and oxygen atoms in total. The molecule has 3 rings (SSSR count). The zero-order valence-corrected chi connectivity index (χ0v) is 11.0. The third-order valence-corrected chi connectivity index (χ3v) is 3.77. The number of aryl methyl sites for hydroxylation is 1. The lowest BCUT2D eigenvalue weighted by Gasteiger charge is -2.19. The molecule has 1 aromatic heterocycles. The average Bonchev–Trinajstić information content (AvgIpc) is 3.22. The summed E-state index contributed by atoms with van der Waals surface area (Å²) in [4.78, 5) is 19.9. The summed E-state index contributed by atoms with van der Waals surface area (Å²) in [6, 6.07) is 0. The number of nitrogens with zero attached hydrogens (tertiary/aromatic N) is 2. The number of carboxylic acid groups (broad SMARTS) is 1. The van der Waals surface area contributed by atoms with Crippen molar-refractivity contribution in [1.82, 2.24) is 9.97 Å². The molecule has 0 saturated heterocycles. The standard InChI is InChI=1S/C14H19N3O2/c18-12(19)7-8-15-14-10-3-1-2-4-11(10)16-13(17-14)9-5-6-9/h9H,1-8H2,(H,18,19)(H,15,16,17). The molecular weight excluding hydrogens is 242 g/mol. The van der Waals surface area contributed by atoms with Crippen molar-refractivity contribution >= 4 is 11.8 Å². The van der Waals surface area contributed by atoms with E-state index >= 15 is 0 Å². The fourth-order valence-corrected chi connectivity index (χ4v) is 2.57. The molecule has 0 aliphatic heterocycles. The van der Waals surface area contributed by atoms with Crippen molar-refractivity contribution in [2.75, 3.05) is 11.9 Å². The largest absolute Gasteiger partial charge is 0.481 e. The van der Waals surface area contributed by atoms with Crippen molar-refractivity contribution in [1.29, 1.82) is 0 Å². The average molecular weight is 261 g/mol. The first-order valence-electron chi connectivity index (χ1n) is 7.09. The summed E-state index contributed by atoms with van der Waals surface area (Å²) >= 11 is 0. The Morgan fingerprint density at radius 1 is 1.26 bits per heavy atom. The second kappa shape index (κ2) is 5.15. The lowest BCUT2D eigenvalue weighted by Crippen LogP contribution is -2.16. The van der Waals surface area contributed by atoms with Crippen molar-refractivity contribution in [3.63, 3.8) is 0 Å². The van der Waals surface area contributed by atoms with Gasteiger partial charge in [0.2, 0.25) is 0 Å². The van der Waals surface area contributed by atoms with Crippen LogP contribution in [0.4, 0.5) is 5.82 Å². The van der Waals surface area contributed by atoms with E-state index < -0.39 is 5.97 Å². The van der Waals surface area contributed by atoms with E-state index in [1.807, 2.05) is 0 Å². The van der Waals surface area contributed by atoms with Crippen LogP contribution >= 0.6 is 0 Å². The third kappa shape index (κ3) is 2.85. The molecule has 102 valence electrons. The van der Waals surface area contributed by atoms with E-state index in [-0.39, 0.29) is 6.42 Å². The van der Waals surface area contributed by atoms with Crippen LogP contribution in [0.25, 0.3) is 0 Å². The second-order valence-corrected chi connectivity index (χ2v) is 5.41. The minimum atomic E-state index is -0.780. The second-order valence-electron chi connectivity index (χ2n) is 5.41. The Morgan fingerprint density at radius 2 is 2.05 bits per heavy atom. The maximum absolute atomic E-state index is 10.6. The van der Waals surface area contributed by atoms with E-state index in [1.165, 1.54) is 36.9 Å². The highest BCUT2D eigenvalue weighted by molar-refractivity contribution is 5.67. The number of aromatic nitrogens is 2. The van der Waals surface area contributed by atoms with Crippen LogP contribution in [0.15, 0.2) is 0 Å². The van der Waals surface area contributed by atoms with Gasteiger partial charge in [0, 0.05) is 23.7 Å². The third-order valence-electron chi connectivity index (χ3n) is 3.77. The normalized spacial score (nSPS) is 17.9. The van der Waals surface area contributed by atoms with Gasteiger partial charge in [-0.1, -0.05) is 0 Å². The number of rotatable bonds is 5. The molecule has 0 radical (unpaired) electrons. The predicted molar refractivity (Wildman–Crippen MR) is 71.4 cm³/mol. The fourth-order valence-electron chi connectivity index (χ4n) is 2.57. The first-order chi connectivity index (χ1) is 9.24. The van der Waals surface area contributed by atoms with Gasteiger partial charge in [0.15, 0.2) is 0 Å². The predicted octanol–water partition coefficient (Wildman–Crippen LogP) is 2.12. The number of nitrogens with one attached hydrogen (secondary N) is 1. The number of anilines is 1. The molecule has 0 unspecified atom stereocenters. The van der Waals surface area contributed by atoms with Crippen LogP contribution in [0.5, 0.6) is 0 Å². The SMILES string of the molecule is O=C(O)CCNc1nc(C2CC2)nc2c1CCCC2. The van der Waals surface area contributed by atoms with E-state index in [1.54, 1.807) is 0 Å². The van der Waals surface area contributed by atoms with Gasteiger partial charge in [0.05, 0.1) is 6.42 Å². The topological polar surface area (TPSA) is 75.1 Å². The molecule has 1 fully saturated rings. The summed E-state index contributed by atoms with van der Waals surface area (Å²) in [5, 5.41) is 11.9.